The molecule has 5 nitrogen and oxygen atoms in total. The third kappa shape index (κ3) is 2.52. The van der Waals surface area contributed by atoms with E-state index in [9.17, 15) is 9.59 Å². The van der Waals surface area contributed by atoms with Crippen molar-refractivity contribution in [2.45, 2.75) is 66.0 Å². The first-order valence-electron chi connectivity index (χ1n) is 11.2. The predicted octanol–water partition coefficient (Wildman–Crippen LogP) is 4.66. The standard InChI is InChI=1S/C26H28N2O3/c1-6-16-17-10-15(5)8-9-21(17)27-23-18(16)12-28-22(23)11-20-19(24(28)29)13-31-25(30)26(20,7-2)14(3)4/h8-11,14H,6-7,12-13H2,1-5H3. The van der Waals surface area contributed by atoms with Crippen LogP contribution in [0.2, 0.25) is 0 Å². The number of hydrogen-bond donors (Lipinski definition) is 0. The third-order valence-corrected chi connectivity index (χ3v) is 7.41. The summed E-state index contributed by atoms with van der Waals surface area (Å²) in [4.78, 5) is 31.6. The molecule has 1 atom stereocenters. The molecule has 2 aromatic heterocycles. The fourth-order valence-corrected chi connectivity index (χ4v) is 5.67. The summed E-state index contributed by atoms with van der Waals surface area (Å²) >= 11 is 0. The van der Waals surface area contributed by atoms with Crippen molar-refractivity contribution >= 4 is 16.9 Å². The molecule has 0 radical (unpaired) electrons. The molecular weight excluding hydrogens is 388 g/mol. The molecular formula is C26H28N2O3. The Kier molecular flexibility index (Phi) is 4.37. The minimum absolute atomic E-state index is 0.0196. The Hall–Kier alpha value is -2.95. The van der Waals surface area contributed by atoms with Crippen LogP contribution in [0, 0.1) is 12.8 Å². The number of ether oxygens (including phenoxy) is 1. The van der Waals surface area contributed by atoms with Gasteiger partial charge < -0.3 is 9.30 Å². The van der Waals surface area contributed by atoms with Gasteiger partial charge in [-0.05, 0) is 55.0 Å². The largest absolute Gasteiger partial charge is 0.460 e. The molecule has 5 rings (SSSR count). The number of hydrogen-bond acceptors (Lipinski definition) is 4. The van der Waals surface area contributed by atoms with E-state index in [2.05, 4.69) is 38.1 Å². The molecule has 0 bridgehead atoms. The number of nitrogens with zero attached hydrogens (tertiary/aromatic N) is 2. The molecule has 160 valence electrons. The van der Waals surface area contributed by atoms with E-state index in [4.69, 9.17) is 9.72 Å². The van der Waals surface area contributed by atoms with E-state index in [0.717, 1.165) is 39.8 Å². The molecule has 1 unspecified atom stereocenters. The van der Waals surface area contributed by atoms with E-state index in [1.807, 2.05) is 25.3 Å². The van der Waals surface area contributed by atoms with Crippen molar-refractivity contribution in [2.75, 3.05) is 0 Å². The van der Waals surface area contributed by atoms with Gasteiger partial charge in [-0.15, -0.1) is 0 Å². The number of aryl methyl sites for hydroxylation is 2. The molecule has 0 amide bonds. The van der Waals surface area contributed by atoms with Crippen LogP contribution in [0.15, 0.2) is 29.1 Å². The summed E-state index contributed by atoms with van der Waals surface area (Å²) in [5.74, 6) is -0.206. The number of cyclic esters (lactones) is 1. The molecule has 2 aliphatic rings. The van der Waals surface area contributed by atoms with Gasteiger partial charge in [-0.1, -0.05) is 39.3 Å². The monoisotopic (exact) mass is 416 g/mol. The van der Waals surface area contributed by atoms with E-state index in [0.29, 0.717) is 18.5 Å². The molecule has 4 heterocycles. The maximum absolute atomic E-state index is 13.6. The van der Waals surface area contributed by atoms with Crippen LogP contribution in [0.1, 0.15) is 61.9 Å². The van der Waals surface area contributed by atoms with Crippen molar-refractivity contribution in [3.05, 3.63) is 62.4 Å². The minimum atomic E-state index is -0.799. The van der Waals surface area contributed by atoms with E-state index in [1.54, 1.807) is 0 Å². The van der Waals surface area contributed by atoms with Crippen molar-refractivity contribution in [3.8, 4) is 11.4 Å². The Balaban J connectivity index is 1.84. The van der Waals surface area contributed by atoms with Gasteiger partial charge in [-0.2, -0.15) is 0 Å². The molecule has 0 saturated heterocycles. The van der Waals surface area contributed by atoms with Gasteiger partial charge in [0.1, 0.15) is 6.61 Å². The summed E-state index contributed by atoms with van der Waals surface area (Å²) in [6, 6.07) is 8.38. The smallest absolute Gasteiger partial charge is 0.317 e. The summed E-state index contributed by atoms with van der Waals surface area (Å²) in [6.07, 6.45) is 1.47. The topological polar surface area (TPSA) is 61.2 Å². The van der Waals surface area contributed by atoms with Gasteiger partial charge in [-0.25, -0.2) is 4.98 Å². The first-order valence-corrected chi connectivity index (χ1v) is 11.2. The summed E-state index contributed by atoms with van der Waals surface area (Å²) in [6.45, 7) is 10.9. The highest BCUT2D eigenvalue weighted by Gasteiger charge is 2.49. The summed E-state index contributed by atoms with van der Waals surface area (Å²) in [7, 11) is 0. The highest BCUT2D eigenvalue weighted by Crippen LogP contribution is 2.44. The van der Waals surface area contributed by atoms with E-state index >= 15 is 0 Å². The highest BCUT2D eigenvalue weighted by molar-refractivity contribution is 5.90. The summed E-state index contributed by atoms with van der Waals surface area (Å²) in [5.41, 5.74) is 6.81. The maximum Gasteiger partial charge on any atom is 0.317 e. The van der Waals surface area contributed by atoms with Gasteiger partial charge in [0.2, 0.25) is 0 Å². The van der Waals surface area contributed by atoms with Crippen LogP contribution in [-0.4, -0.2) is 15.5 Å². The fraction of sp³-hybridized carbons (Fsp3) is 0.423. The lowest BCUT2D eigenvalue weighted by Crippen LogP contribution is -2.47. The minimum Gasteiger partial charge on any atom is -0.460 e. The second-order valence-electron chi connectivity index (χ2n) is 9.16. The van der Waals surface area contributed by atoms with Gasteiger partial charge in [0.25, 0.3) is 5.56 Å². The number of pyridine rings is 2. The molecule has 0 N–H and O–H groups in total. The molecule has 2 aliphatic heterocycles. The SMILES string of the molecule is CCc1c2c(nc3ccc(C)cc13)-c1cc3c(c(=O)n1C2)COC(=O)C3(CC)C(C)C. The van der Waals surface area contributed by atoms with Crippen LogP contribution < -0.4 is 5.56 Å². The average Bonchev–Trinajstić information content (AvgIpc) is 3.11. The van der Waals surface area contributed by atoms with Crippen LogP contribution in [0.3, 0.4) is 0 Å². The Morgan fingerprint density at radius 3 is 2.61 bits per heavy atom. The van der Waals surface area contributed by atoms with E-state index in [1.165, 1.54) is 11.1 Å². The van der Waals surface area contributed by atoms with Crippen LogP contribution in [0.5, 0.6) is 0 Å². The number of benzene rings is 1. The number of esters is 1. The molecule has 0 aliphatic carbocycles. The zero-order valence-electron chi connectivity index (χ0n) is 18.8. The van der Waals surface area contributed by atoms with Crippen molar-refractivity contribution in [1.29, 1.82) is 0 Å². The van der Waals surface area contributed by atoms with Crippen LogP contribution >= 0.6 is 0 Å². The van der Waals surface area contributed by atoms with Crippen LogP contribution in [0.4, 0.5) is 0 Å². The molecule has 0 fully saturated rings. The van der Waals surface area contributed by atoms with Gasteiger partial charge in [-0.3, -0.25) is 9.59 Å². The van der Waals surface area contributed by atoms with Gasteiger partial charge in [0.05, 0.1) is 34.4 Å². The molecule has 3 aromatic rings. The van der Waals surface area contributed by atoms with Gasteiger partial charge in [0.15, 0.2) is 0 Å². The molecule has 1 aromatic carbocycles. The van der Waals surface area contributed by atoms with Crippen molar-refractivity contribution in [2.24, 2.45) is 5.92 Å². The van der Waals surface area contributed by atoms with E-state index < -0.39 is 5.41 Å². The highest BCUT2D eigenvalue weighted by atomic mass is 16.5. The molecule has 0 spiro atoms. The fourth-order valence-electron chi connectivity index (χ4n) is 5.67. The normalized spacial score (nSPS) is 19.4. The number of rotatable bonds is 3. The van der Waals surface area contributed by atoms with Crippen LogP contribution in [-0.2, 0) is 34.5 Å². The zero-order valence-corrected chi connectivity index (χ0v) is 18.8. The van der Waals surface area contributed by atoms with E-state index in [-0.39, 0.29) is 24.1 Å². The maximum atomic E-state index is 13.6. The Morgan fingerprint density at radius 2 is 1.94 bits per heavy atom. The lowest BCUT2D eigenvalue weighted by molar-refractivity contribution is -0.156. The van der Waals surface area contributed by atoms with Crippen LogP contribution in [0.25, 0.3) is 22.3 Å². The number of fused-ring (bicyclic) bond motifs is 5. The Labute approximate surface area is 182 Å². The van der Waals surface area contributed by atoms with Crippen molar-refractivity contribution in [3.63, 3.8) is 0 Å². The second kappa shape index (κ2) is 6.78. The Morgan fingerprint density at radius 1 is 1.16 bits per heavy atom. The first-order chi connectivity index (χ1) is 14.8. The molecule has 5 heteroatoms. The zero-order chi connectivity index (χ0) is 22.1. The first kappa shape index (κ1) is 20.0. The molecule has 31 heavy (non-hydrogen) atoms. The average molecular weight is 417 g/mol. The van der Waals surface area contributed by atoms with Crippen molar-refractivity contribution in [1.82, 2.24) is 9.55 Å². The second-order valence-corrected chi connectivity index (χ2v) is 9.16. The van der Waals surface area contributed by atoms with Gasteiger partial charge >= 0.3 is 5.97 Å². The summed E-state index contributed by atoms with van der Waals surface area (Å²) < 4.78 is 7.36. The Bertz CT molecular complexity index is 1320. The lowest BCUT2D eigenvalue weighted by atomic mass is 9.67. The number of carbonyl (C=O) groups excluding carboxylic acids is 1. The predicted molar refractivity (Wildman–Crippen MR) is 121 cm³/mol. The van der Waals surface area contributed by atoms with Gasteiger partial charge in [0, 0.05) is 10.9 Å². The third-order valence-electron chi connectivity index (χ3n) is 7.41. The number of aromatic nitrogens is 2. The lowest BCUT2D eigenvalue weighted by Gasteiger charge is -2.39. The quantitative estimate of drug-likeness (QED) is 0.456. The van der Waals surface area contributed by atoms with Crippen molar-refractivity contribution < 1.29 is 9.53 Å². The summed E-state index contributed by atoms with van der Waals surface area (Å²) in [5, 5.41) is 1.16. The molecule has 0 saturated carbocycles. The number of carbonyl (C=O) groups is 1.